The van der Waals surface area contributed by atoms with E-state index < -0.39 is 17.7 Å². The molecule has 1 aliphatic heterocycles. The molecule has 0 bridgehead atoms. The Morgan fingerprint density at radius 3 is 2.32 bits per heavy atom. The number of pyridine rings is 1. The van der Waals surface area contributed by atoms with Crippen molar-refractivity contribution in [2.24, 2.45) is 0 Å². The summed E-state index contributed by atoms with van der Waals surface area (Å²) in [6, 6.07) is 18.1. The number of carboxylic acid groups (broad SMARTS) is 1. The number of piperazine rings is 1. The number of nitrogens with one attached hydrogen (secondary N) is 1. The van der Waals surface area contributed by atoms with Crippen molar-refractivity contribution in [3.63, 3.8) is 0 Å². The van der Waals surface area contributed by atoms with E-state index in [4.69, 9.17) is 4.98 Å². The molecule has 2 heterocycles. The summed E-state index contributed by atoms with van der Waals surface area (Å²) >= 11 is 0. The molecule has 5 rings (SSSR count). The average Bonchev–Trinajstić information content (AvgIpc) is 2.90. The minimum Gasteiger partial charge on any atom is -0.478 e. The van der Waals surface area contributed by atoms with Crippen molar-refractivity contribution in [1.29, 1.82) is 0 Å². The van der Waals surface area contributed by atoms with Gasteiger partial charge in [0, 0.05) is 48.5 Å². The van der Waals surface area contributed by atoms with Gasteiger partial charge in [-0.15, -0.1) is 0 Å². The largest absolute Gasteiger partial charge is 0.478 e. The predicted molar refractivity (Wildman–Crippen MR) is 143 cm³/mol. The van der Waals surface area contributed by atoms with E-state index in [1.165, 1.54) is 41.1 Å². The lowest BCUT2D eigenvalue weighted by atomic mass is 10.1. The second kappa shape index (κ2) is 9.89. The number of hydrogen-bond donors (Lipinski definition) is 2. The summed E-state index contributed by atoms with van der Waals surface area (Å²) in [7, 11) is 0. The number of carboxylic acids is 1. The molecule has 1 aromatic heterocycles. The van der Waals surface area contributed by atoms with Gasteiger partial charge in [0.15, 0.2) is 0 Å². The van der Waals surface area contributed by atoms with Gasteiger partial charge in [0.05, 0.1) is 11.1 Å². The zero-order valence-electron chi connectivity index (χ0n) is 20.7. The molecule has 3 aromatic carbocycles. The Bertz CT molecular complexity index is 1500. The number of hydrogen-bond acceptors (Lipinski definition) is 5. The van der Waals surface area contributed by atoms with Crippen molar-refractivity contribution in [3.8, 4) is 0 Å². The van der Waals surface area contributed by atoms with Gasteiger partial charge in [-0.25, -0.2) is 14.2 Å². The summed E-state index contributed by atoms with van der Waals surface area (Å²) in [6.45, 7) is 7.30. The molecule has 1 fully saturated rings. The van der Waals surface area contributed by atoms with E-state index in [0.29, 0.717) is 28.0 Å². The molecule has 7 nitrogen and oxygen atoms in total. The van der Waals surface area contributed by atoms with E-state index in [1.54, 1.807) is 24.3 Å². The first-order valence-corrected chi connectivity index (χ1v) is 12.1. The Kier molecular flexibility index (Phi) is 6.48. The Morgan fingerprint density at radius 2 is 1.62 bits per heavy atom. The zero-order chi connectivity index (χ0) is 26.1. The lowest BCUT2D eigenvalue weighted by Gasteiger charge is -2.37. The number of carbonyl (C=O) groups is 2. The Labute approximate surface area is 214 Å². The highest BCUT2D eigenvalue weighted by molar-refractivity contribution is 6.08. The minimum atomic E-state index is -1.07. The van der Waals surface area contributed by atoms with Crippen LogP contribution in [-0.2, 0) is 0 Å². The van der Waals surface area contributed by atoms with E-state index in [1.807, 2.05) is 0 Å². The second-order valence-electron chi connectivity index (χ2n) is 9.22. The molecule has 1 aliphatic rings. The van der Waals surface area contributed by atoms with Gasteiger partial charge in [-0.3, -0.25) is 4.79 Å². The molecule has 0 atom stereocenters. The molecule has 188 valence electrons. The predicted octanol–water partition coefficient (Wildman–Crippen LogP) is 5.27. The number of nitrogens with zero attached hydrogens (tertiary/aromatic N) is 3. The molecule has 1 saturated heterocycles. The van der Waals surface area contributed by atoms with E-state index in [0.717, 1.165) is 26.2 Å². The number of fused-ring (bicyclic) bond motifs is 1. The Balaban J connectivity index is 1.38. The highest BCUT2D eigenvalue weighted by Crippen LogP contribution is 2.29. The maximum Gasteiger partial charge on any atom is 0.336 e. The first-order chi connectivity index (χ1) is 17.8. The lowest BCUT2D eigenvalue weighted by molar-refractivity contribution is 0.0698. The molecule has 0 spiro atoms. The number of aromatic carboxylic acids is 1. The molecule has 8 heteroatoms. The second-order valence-corrected chi connectivity index (χ2v) is 9.22. The average molecular weight is 499 g/mol. The number of halogens is 1. The fourth-order valence-electron chi connectivity index (χ4n) is 4.69. The third-order valence-corrected chi connectivity index (χ3v) is 6.91. The van der Waals surface area contributed by atoms with E-state index >= 15 is 0 Å². The zero-order valence-corrected chi connectivity index (χ0v) is 20.7. The van der Waals surface area contributed by atoms with E-state index in [9.17, 15) is 19.1 Å². The third kappa shape index (κ3) is 4.95. The number of amides is 1. The summed E-state index contributed by atoms with van der Waals surface area (Å²) in [5.41, 5.74) is 5.15. The molecule has 37 heavy (non-hydrogen) atoms. The highest BCUT2D eigenvalue weighted by atomic mass is 19.1. The molecule has 2 N–H and O–H groups in total. The first-order valence-electron chi connectivity index (χ1n) is 12.1. The summed E-state index contributed by atoms with van der Waals surface area (Å²) in [5, 5.41) is 13.1. The molecule has 0 radical (unpaired) electrons. The van der Waals surface area contributed by atoms with Crippen LogP contribution in [0.4, 0.5) is 21.6 Å². The van der Waals surface area contributed by atoms with Crippen molar-refractivity contribution in [1.82, 2.24) is 4.98 Å². The maximum absolute atomic E-state index is 13.2. The van der Waals surface area contributed by atoms with Crippen molar-refractivity contribution in [2.75, 3.05) is 41.3 Å². The van der Waals surface area contributed by atoms with Crippen molar-refractivity contribution >= 4 is 40.0 Å². The number of benzene rings is 3. The summed E-state index contributed by atoms with van der Waals surface area (Å²) < 4.78 is 13.2. The van der Waals surface area contributed by atoms with Crippen LogP contribution < -0.4 is 15.1 Å². The van der Waals surface area contributed by atoms with Gasteiger partial charge >= 0.3 is 5.97 Å². The number of carbonyl (C=O) groups excluding carboxylic acids is 1. The van der Waals surface area contributed by atoms with Gasteiger partial charge in [0.2, 0.25) is 0 Å². The summed E-state index contributed by atoms with van der Waals surface area (Å²) in [6.07, 6.45) is 0. The fraction of sp³-hybridized carbons (Fsp3) is 0.207. The van der Waals surface area contributed by atoms with Crippen molar-refractivity contribution in [2.45, 2.75) is 13.8 Å². The SMILES string of the molecule is Cc1cccc(N2CCN(c3cc(C(=O)O)c4cc(NC(=O)c5ccc(F)cc5)ccc4n3)CC2)c1C. The van der Waals surface area contributed by atoms with Gasteiger partial charge in [-0.2, -0.15) is 0 Å². The van der Waals surface area contributed by atoms with Crippen molar-refractivity contribution < 1.29 is 19.1 Å². The normalized spacial score (nSPS) is 13.6. The number of aryl methyl sites for hydroxylation is 1. The maximum atomic E-state index is 13.2. The monoisotopic (exact) mass is 498 g/mol. The van der Waals surface area contributed by atoms with Gasteiger partial charge < -0.3 is 20.2 Å². The van der Waals surface area contributed by atoms with Gasteiger partial charge in [-0.1, -0.05) is 12.1 Å². The third-order valence-electron chi connectivity index (χ3n) is 6.91. The van der Waals surface area contributed by atoms with Gasteiger partial charge in [-0.05, 0) is 79.6 Å². The van der Waals surface area contributed by atoms with Crippen LogP contribution in [0.15, 0.2) is 66.7 Å². The van der Waals surface area contributed by atoms with Crippen LogP contribution in [0.1, 0.15) is 31.8 Å². The standard InChI is InChI=1S/C29H27FN4O3/c1-18-4-3-5-26(19(18)2)33-12-14-34(15-13-33)27-17-24(29(36)37)23-16-22(10-11-25(23)32-27)31-28(35)20-6-8-21(30)9-7-20/h3-11,16-17H,12-15H2,1-2H3,(H,31,35)(H,36,37). The molecule has 1 amide bonds. The van der Waals surface area contributed by atoms with Gasteiger partial charge in [0.1, 0.15) is 11.6 Å². The number of anilines is 3. The van der Waals surface area contributed by atoms with Crippen LogP contribution in [0.5, 0.6) is 0 Å². The van der Waals surface area contributed by atoms with Gasteiger partial charge in [0.25, 0.3) is 5.91 Å². The van der Waals surface area contributed by atoms with E-state index in [2.05, 4.69) is 47.2 Å². The van der Waals surface area contributed by atoms with E-state index in [-0.39, 0.29) is 5.56 Å². The quantitative estimate of drug-likeness (QED) is 0.390. The Hall–Kier alpha value is -4.46. The Morgan fingerprint density at radius 1 is 0.919 bits per heavy atom. The topological polar surface area (TPSA) is 85.8 Å². The lowest BCUT2D eigenvalue weighted by Crippen LogP contribution is -2.47. The molecule has 0 aliphatic carbocycles. The fourth-order valence-corrected chi connectivity index (χ4v) is 4.69. The van der Waals surface area contributed by atoms with Crippen molar-refractivity contribution in [3.05, 3.63) is 94.8 Å². The van der Waals surface area contributed by atoms with Crippen LogP contribution in [-0.4, -0.2) is 48.1 Å². The number of aromatic nitrogens is 1. The smallest absolute Gasteiger partial charge is 0.336 e. The molecular weight excluding hydrogens is 471 g/mol. The summed E-state index contributed by atoms with van der Waals surface area (Å²) in [5.74, 6) is -1.29. The highest BCUT2D eigenvalue weighted by Gasteiger charge is 2.22. The first kappa shape index (κ1) is 24.2. The molecule has 0 unspecified atom stereocenters. The van der Waals surface area contributed by atoms with Crippen LogP contribution in [0.25, 0.3) is 10.9 Å². The number of rotatable bonds is 5. The minimum absolute atomic E-state index is 0.120. The molecule has 0 saturated carbocycles. The van der Waals surface area contributed by atoms with Crippen LogP contribution in [0, 0.1) is 19.7 Å². The van der Waals surface area contributed by atoms with Crippen LogP contribution >= 0.6 is 0 Å². The summed E-state index contributed by atoms with van der Waals surface area (Å²) in [4.78, 5) is 33.9. The molecular formula is C29H27FN4O3. The van der Waals surface area contributed by atoms with Crippen LogP contribution in [0.3, 0.4) is 0 Å². The molecule has 4 aromatic rings. The van der Waals surface area contributed by atoms with Crippen LogP contribution in [0.2, 0.25) is 0 Å².